The van der Waals surface area contributed by atoms with Gasteiger partial charge in [0, 0.05) is 24.3 Å². The Morgan fingerprint density at radius 2 is 1.82 bits per heavy atom. The number of benzene rings is 1. The standard InChI is InChI=1S/C21H26N4O2S/c26-20(16-24-12-10-23(11-13-24)15-19-3-2-14-28-19)22-17-5-7-18(8-6-17)25-9-1-4-21(25)27/h2-3,5-8,14H,1,4,9-13,15-16H2,(H,22,26)/p+2. The molecule has 4 rings (SSSR count). The first-order valence-corrected chi connectivity index (χ1v) is 10.9. The average Bonchev–Trinajstić information content (AvgIpc) is 3.36. The third-order valence-corrected chi connectivity index (χ3v) is 6.49. The first-order valence-electron chi connectivity index (χ1n) is 10.1. The zero-order chi connectivity index (χ0) is 19.3. The fourth-order valence-corrected chi connectivity index (χ4v) is 4.82. The Morgan fingerprint density at radius 1 is 1.07 bits per heavy atom. The molecule has 2 aliphatic rings. The minimum Gasteiger partial charge on any atom is -0.321 e. The van der Waals surface area contributed by atoms with Crippen LogP contribution in [0.3, 0.4) is 0 Å². The third-order valence-electron chi connectivity index (χ3n) is 5.62. The molecule has 0 spiro atoms. The Bertz CT molecular complexity index is 798. The van der Waals surface area contributed by atoms with Crippen molar-refractivity contribution in [3.8, 4) is 0 Å². The Balaban J connectivity index is 1.22. The van der Waals surface area contributed by atoms with Crippen molar-refractivity contribution in [2.24, 2.45) is 0 Å². The van der Waals surface area contributed by atoms with Crippen molar-refractivity contribution in [1.29, 1.82) is 0 Å². The van der Waals surface area contributed by atoms with E-state index in [1.165, 1.54) is 9.78 Å². The Labute approximate surface area is 169 Å². The number of rotatable bonds is 6. The molecule has 0 radical (unpaired) electrons. The van der Waals surface area contributed by atoms with Gasteiger partial charge in [0.15, 0.2) is 6.54 Å². The molecule has 2 amide bonds. The Kier molecular flexibility index (Phi) is 6.04. The molecule has 1 aromatic heterocycles. The number of hydrogen-bond donors (Lipinski definition) is 3. The summed E-state index contributed by atoms with van der Waals surface area (Å²) in [7, 11) is 0. The molecule has 0 bridgehead atoms. The second-order valence-electron chi connectivity index (χ2n) is 7.68. The number of piperazine rings is 1. The summed E-state index contributed by atoms with van der Waals surface area (Å²) in [6.45, 7) is 6.68. The quantitative estimate of drug-likeness (QED) is 0.629. The smallest absolute Gasteiger partial charge is 0.279 e. The molecular formula is C21H28N4O2S+2. The number of nitrogens with one attached hydrogen (secondary N) is 3. The van der Waals surface area contributed by atoms with Gasteiger partial charge in [-0.2, -0.15) is 0 Å². The van der Waals surface area contributed by atoms with E-state index in [2.05, 4.69) is 22.8 Å². The number of carbonyl (C=O) groups is 2. The predicted molar refractivity (Wildman–Crippen MR) is 111 cm³/mol. The minimum absolute atomic E-state index is 0.0571. The number of quaternary nitrogens is 2. The number of nitrogens with zero attached hydrogens (tertiary/aromatic N) is 1. The molecule has 1 aromatic carbocycles. The van der Waals surface area contributed by atoms with Gasteiger partial charge in [-0.15, -0.1) is 11.3 Å². The highest BCUT2D eigenvalue weighted by molar-refractivity contribution is 7.09. The van der Waals surface area contributed by atoms with Crippen LogP contribution in [0.15, 0.2) is 41.8 Å². The molecule has 0 saturated carbocycles. The van der Waals surface area contributed by atoms with Crippen LogP contribution in [0.1, 0.15) is 17.7 Å². The summed E-state index contributed by atoms with van der Waals surface area (Å²) >= 11 is 1.82. The normalized spacial score (nSPS) is 22.4. The van der Waals surface area contributed by atoms with Crippen LogP contribution in [0.4, 0.5) is 11.4 Å². The predicted octanol–water partition coefficient (Wildman–Crippen LogP) is -0.203. The topological polar surface area (TPSA) is 58.3 Å². The van der Waals surface area contributed by atoms with Gasteiger partial charge in [-0.3, -0.25) is 9.59 Å². The van der Waals surface area contributed by atoms with Crippen molar-refractivity contribution in [2.45, 2.75) is 19.4 Å². The van der Waals surface area contributed by atoms with Crippen LogP contribution in [-0.4, -0.2) is 51.1 Å². The van der Waals surface area contributed by atoms with Gasteiger partial charge < -0.3 is 20.0 Å². The first kappa shape index (κ1) is 19.1. The third kappa shape index (κ3) is 4.79. The summed E-state index contributed by atoms with van der Waals surface area (Å²) in [6.07, 6.45) is 1.55. The maximum Gasteiger partial charge on any atom is 0.279 e. The molecule has 6 nitrogen and oxygen atoms in total. The summed E-state index contributed by atoms with van der Waals surface area (Å²) in [5, 5.41) is 5.13. The van der Waals surface area contributed by atoms with Gasteiger partial charge in [0.1, 0.15) is 32.7 Å². The molecular weight excluding hydrogens is 372 g/mol. The molecule has 3 heterocycles. The van der Waals surface area contributed by atoms with E-state index in [-0.39, 0.29) is 11.8 Å². The van der Waals surface area contributed by atoms with E-state index in [0.29, 0.717) is 13.0 Å². The van der Waals surface area contributed by atoms with Gasteiger partial charge in [0.2, 0.25) is 5.91 Å². The molecule has 148 valence electrons. The number of amides is 2. The molecule has 0 aliphatic carbocycles. The molecule has 28 heavy (non-hydrogen) atoms. The fourth-order valence-electron chi connectivity index (χ4n) is 4.05. The Hall–Kier alpha value is -2.22. The highest BCUT2D eigenvalue weighted by Gasteiger charge is 2.25. The van der Waals surface area contributed by atoms with Crippen LogP contribution in [0, 0.1) is 0 Å². The van der Waals surface area contributed by atoms with Crippen LogP contribution >= 0.6 is 11.3 Å². The van der Waals surface area contributed by atoms with Gasteiger partial charge >= 0.3 is 0 Å². The second-order valence-corrected chi connectivity index (χ2v) is 8.71. The molecule has 2 aliphatic heterocycles. The number of thiophene rings is 1. The van der Waals surface area contributed by atoms with E-state index >= 15 is 0 Å². The van der Waals surface area contributed by atoms with Gasteiger partial charge in [-0.1, -0.05) is 6.07 Å². The number of anilines is 2. The molecule has 2 saturated heterocycles. The SMILES string of the molecule is O=C(C[NH+]1CC[NH+](Cc2cccs2)CC1)Nc1ccc(N2CCCC2=O)cc1. The lowest BCUT2D eigenvalue weighted by atomic mass is 10.2. The van der Waals surface area contributed by atoms with Crippen molar-refractivity contribution in [1.82, 2.24) is 0 Å². The Morgan fingerprint density at radius 3 is 2.46 bits per heavy atom. The number of hydrogen-bond acceptors (Lipinski definition) is 3. The van der Waals surface area contributed by atoms with Crippen LogP contribution in [0.5, 0.6) is 0 Å². The van der Waals surface area contributed by atoms with Crippen LogP contribution < -0.4 is 20.0 Å². The fraction of sp³-hybridized carbons (Fsp3) is 0.429. The summed E-state index contributed by atoms with van der Waals surface area (Å²) < 4.78 is 0. The molecule has 7 heteroatoms. The molecule has 0 atom stereocenters. The van der Waals surface area contributed by atoms with E-state index in [9.17, 15) is 9.59 Å². The van der Waals surface area contributed by atoms with Gasteiger partial charge in [0.05, 0.1) is 4.88 Å². The lowest BCUT2D eigenvalue weighted by molar-refractivity contribution is -1.01. The molecule has 3 N–H and O–H groups in total. The van der Waals surface area contributed by atoms with Crippen LogP contribution in [-0.2, 0) is 16.1 Å². The van der Waals surface area contributed by atoms with Crippen molar-refractivity contribution in [3.63, 3.8) is 0 Å². The van der Waals surface area contributed by atoms with Gasteiger partial charge in [0.25, 0.3) is 5.91 Å². The number of carbonyl (C=O) groups excluding carboxylic acids is 2. The molecule has 0 unspecified atom stereocenters. The summed E-state index contributed by atoms with van der Waals surface area (Å²) in [4.78, 5) is 30.4. The van der Waals surface area contributed by atoms with Crippen molar-refractivity contribution < 1.29 is 19.4 Å². The highest BCUT2D eigenvalue weighted by atomic mass is 32.1. The molecule has 2 fully saturated rings. The second kappa shape index (κ2) is 8.86. The highest BCUT2D eigenvalue weighted by Crippen LogP contribution is 2.22. The van der Waals surface area contributed by atoms with Crippen molar-refractivity contribution in [3.05, 3.63) is 46.7 Å². The monoisotopic (exact) mass is 400 g/mol. The van der Waals surface area contributed by atoms with Crippen LogP contribution in [0.2, 0.25) is 0 Å². The summed E-state index contributed by atoms with van der Waals surface area (Å²) in [6, 6.07) is 11.9. The van der Waals surface area contributed by atoms with E-state index in [4.69, 9.17) is 0 Å². The van der Waals surface area contributed by atoms with Crippen LogP contribution in [0.25, 0.3) is 0 Å². The summed E-state index contributed by atoms with van der Waals surface area (Å²) in [5.74, 6) is 0.238. The first-order chi connectivity index (χ1) is 13.7. The maximum absolute atomic E-state index is 12.4. The van der Waals surface area contributed by atoms with E-state index < -0.39 is 0 Å². The minimum atomic E-state index is 0.0571. The maximum atomic E-state index is 12.4. The zero-order valence-electron chi connectivity index (χ0n) is 16.1. The van der Waals surface area contributed by atoms with E-state index in [1.54, 1.807) is 4.90 Å². The zero-order valence-corrected chi connectivity index (χ0v) is 16.9. The largest absolute Gasteiger partial charge is 0.321 e. The van der Waals surface area contributed by atoms with Gasteiger partial charge in [-0.25, -0.2) is 0 Å². The molecule has 2 aromatic rings. The lowest BCUT2D eigenvalue weighted by Gasteiger charge is -2.29. The van der Waals surface area contributed by atoms with E-state index in [0.717, 1.165) is 57.1 Å². The average molecular weight is 401 g/mol. The lowest BCUT2D eigenvalue weighted by Crippen LogP contribution is -3.28. The van der Waals surface area contributed by atoms with Crippen molar-refractivity contribution in [2.75, 3.05) is 49.5 Å². The van der Waals surface area contributed by atoms with E-state index in [1.807, 2.05) is 40.5 Å². The van der Waals surface area contributed by atoms with Crippen molar-refractivity contribution >= 4 is 34.5 Å². The summed E-state index contributed by atoms with van der Waals surface area (Å²) in [5.41, 5.74) is 1.71. The van der Waals surface area contributed by atoms with Gasteiger partial charge in [-0.05, 0) is 42.1 Å².